The summed E-state index contributed by atoms with van der Waals surface area (Å²) >= 11 is 0. The third-order valence-electron chi connectivity index (χ3n) is 1.98. The molecule has 74 valence electrons. The summed E-state index contributed by atoms with van der Waals surface area (Å²) in [4.78, 5) is 1.53. The number of halogens is 3. The Labute approximate surface area is 73.9 Å². The van der Waals surface area contributed by atoms with Gasteiger partial charge in [-0.1, -0.05) is 0 Å². The fraction of sp³-hybridized carbons (Fsp3) is 0.857. The van der Waals surface area contributed by atoms with Gasteiger partial charge in [0.25, 0.3) is 0 Å². The molecule has 0 aromatic carbocycles. The standard InChI is InChI=1S/C7H10F3N3/c8-7(9,10)5(1-11)2-13-3-6(12)4-13/h5-6H,2-4,12H2. The summed E-state index contributed by atoms with van der Waals surface area (Å²) in [6, 6.07) is 1.21. The fourth-order valence-corrected chi connectivity index (χ4v) is 1.23. The number of nitriles is 1. The molecule has 1 heterocycles. The topological polar surface area (TPSA) is 53.0 Å². The smallest absolute Gasteiger partial charge is 0.325 e. The van der Waals surface area contributed by atoms with Gasteiger partial charge in [0.05, 0.1) is 6.07 Å². The molecule has 0 aromatic rings. The summed E-state index contributed by atoms with van der Waals surface area (Å²) in [6.07, 6.45) is -4.42. The second-order valence-electron chi connectivity index (χ2n) is 3.20. The number of hydrogen-bond acceptors (Lipinski definition) is 3. The van der Waals surface area contributed by atoms with Crippen molar-refractivity contribution in [2.75, 3.05) is 19.6 Å². The minimum Gasteiger partial charge on any atom is -0.325 e. The maximum absolute atomic E-state index is 12.1. The second-order valence-corrected chi connectivity index (χ2v) is 3.20. The summed E-state index contributed by atoms with van der Waals surface area (Å²) in [6.45, 7) is 0.649. The van der Waals surface area contributed by atoms with E-state index in [1.165, 1.54) is 11.0 Å². The molecule has 6 heteroatoms. The van der Waals surface area contributed by atoms with Crippen LogP contribution in [0.25, 0.3) is 0 Å². The number of likely N-dealkylation sites (tertiary alicyclic amines) is 1. The Morgan fingerprint density at radius 2 is 2.08 bits per heavy atom. The molecule has 3 nitrogen and oxygen atoms in total. The van der Waals surface area contributed by atoms with Gasteiger partial charge in [0.1, 0.15) is 0 Å². The van der Waals surface area contributed by atoms with Crippen molar-refractivity contribution in [2.24, 2.45) is 11.7 Å². The van der Waals surface area contributed by atoms with Crippen molar-refractivity contribution in [2.45, 2.75) is 12.2 Å². The van der Waals surface area contributed by atoms with Crippen LogP contribution in [-0.4, -0.2) is 36.8 Å². The van der Waals surface area contributed by atoms with Crippen LogP contribution in [-0.2, 0) is 0 Å². The fourth-order valence-electron chi connectivity index (χ4n) is 1.23. The normalized spacial score (nSPS) is 22.1. The molecule has 1 atom stereocenters. The molecule has 0 aromatic heterocycles. The van der Waals surface area contributed by atoms with E-state index in [9.17, 15) is 13.2 Å². The molecule has 0 spiro atoms. The minimum atomic E-state index is -4.42. The third-order valence-corrected chi connectivity index (χ3v) is 1.98. The van der Waals surface area contributed by atoms with Crippen LogP contribution in [0.5, 0.6) is 0 Å². The summed E-state index contributed by atoms with van der Waals surface area (Å²) in [5, 5.41) is 8.27. The minimum absolute atomic E-state index is 0.0347. The Hall–Kier alpha value is -0.800. The van der Waals surface area contributed by atoms with Crippen molar-refractivity contribution in [3.63, 3.8) is 0 Å². The second kappa shape index (κ2) is 3.52. The largest absolute Gasteiger partial charge is 0.405 e. The lowest BCUT2D eigenvalue weighted by molar-refractivity contribution is -0.165. The maximum Gasteiger partial charge on any atom is 0.405 e. The molecule has 1 aliphatic rings. The maximum atomic E-state index is 12.1. The van der Waals surface area contributed by atoms with E-state index in [-0.39, 0.29) is 12.6 Å². The Morgan fingerprint density at radius 3 is 2.38 bits per heavy atom. The van der Waals surface area contributed by atoms with Crippen molar-refractivity contribution in [1.29, 1.82) is 5.26 Å². The van der Waals surface area contributed by atoms with Gasteiger partial charge in [-0.25, -0.2) is 0 Å². The van der Waals surface area contributed by atoms with Gasteiger partial charge in [-0.15, -0.1) is 0 Å². The summed E-state index contributed by atoms with van der Waals surface area (Å²) in [5.74, 6) is -1.89. The van der Waals surface area contributed by atoms with Crippen molar-refractivity contribution in [3.8, 4) is 6.07 Å². The van der Waals surface area contributed by atoms with Crippen molar-refractivity contribution in [3.05, 3.63) is 0 Å². The van der Waals surface area contributed by atoms with Gasteiger partial charge in [0, 0.05) is 25.7 Å². The Balaban J connectivity index is 2.38. The van der Waals surface area contributed by atoms with Gasteiger partial charge < -0.3 is 5.73 Å². The zero-order valence-electron chi connectivity index (χ0n) is 6.88. The molecule has 0 bridgehead atoms. The van der Waals surface area contributed by atoms with Gasteiger partial charge in [-0.05, 0) is 0 Å². The van der Waals surface area contributed by atoms with E-state index in [0.717, 1.165) is 0 Å². The number of alkyl halides is 3. The van der Waals surface area contributed by atoms with Crippen LogP contribution in [0, 0.1) is 17.2 Å². The monoisotopic (exact) mass is 193 g/mol. The van der Waals surface area contributed by atoms with E-state index in [0.29, 0.717) is 13.1 Å². The molecule has 0 radical (unpaired) electrons. The van der Waals surface area contributed by atoms with E-state index >= 15 is 0 Å². The lowest BCUT2D eigenvalue weighted by Gasteiger charge is -2.38. The number of nitrogens with zero attached hydrogens (tertiary/aromatic N) is 2. The third kappa shape index (κ3) is 2.57. The van der Waals surface area contributed by atoms with Gasteiger partial charge in [0.15, 0.2) is 5.92 Å². The first-order valence-corrected chi connectivity index (χ1v) is 3.87. The molecule has 13 heavy (non-hydrogen) atoms. The molecule has 1 rings (SSSR count). The highest BCUT2D eigenvalue weighted by Gasteiger charge is 2.42. The molecule has 1 saturated heterocycles. The van der Waals surface area contributed by atoms with Crippen LogP contribution in [0.1, 0.15) is 0 Å². The molecule has 2 N–H and O–H groups in total. The van der Waals surface area contributed by atoms with E-state index in [2.05, 4.69) is 0 Å². The molecule has 0 saturated carbocycles. The first-order chi connectivity index (χ1) is 5.93. The molecule has 0 aliphatic carbocycles. The van der Waals surface area contributed by atoms with Crippen molar-refractivity contribution in [1.82, 2.24) is 4.90 Å². The summed E-state index contributed by atoms with van der Waals surface area (Å²) in [7, 11) is 0. The number of rotatable bonds is 2. The predicted molar refractivity (Wildman–Crippen MR) is 39.6 cm³/mol. The number of nitrogens with two attached hydrogens (primary N) is 1. The highest BCUT2D eigenvalue weighted by atomic mass is 19.4. The lowest BCUT2D eigenvalue weighted by atomic mass is 10.1. The SMILES string of the molecule is N#CC(CN1CC(N)C1)C(F)(F)F. The van der Waals surface area contributed by atoms with Crippen LogP contribution in [0.4, 0.5) is 13.2 Å². The molecular formula is C7H10F3N3. The van der Waals surface area contributed by atoms with Crippen LogP contribution < -0.4 is 5.73 Å². The average Bonchev–Trinajstić information content (AvgIpc) is 1.93. The van der Waals surface area contributed by atoms with E-state index in [4.69, 9.17) is 11.0 Å². The molecule has 1 fully saturated rings. The number of hydrogen-bond donors (Lipinski definition) is 1. The zero-order chi connectivity index (χ0) is 10.1. The van der Waals surface area contributed by atoms with Gasteiger partial charge >= 0.3 is 6.18 Å². The Morgan fingerprint density at radius 1 is 1.54 bits per heavy atom. The first-order valence-electron chi connectivity index (χ1n) is 3.87. The van der Waals surface area contributed by atoms with Crippen LogP contribution in [0.2, 0.25) is 0 Å². The van der Waals surface area contributed by atoms with E-state index < -0.39 is 12.1 Å². The van der Waals surface area contributed by atoms with E-state index in [1.807, 2.05) is 0 Å². The Kier molecular flexibility index (Phi) is 2.78. The Bertz CT molecular complexity index is 214. The molecule has 1 unspecified atom stereocenters. The highest BCUT2D eigenvalue weighted by molar-refractivity contribution is 4.94. The predicted octanol–water partition coefficient (Wildman–Crippen LogP) is 0.331. The van der Waals surface area contributed by atoms with Crippen LogP contribution in [0.3, 0.4) is 0 Å². The van der Waals surface area contributed by atoms with E-state index in [1.54, 1.807) is 0 Å². The van der Waals surface area contributed by atoms with Gasteiger partial charge in [-0.2, -0.15) is 18.4 Å². The molecule has 1 aliphatic heterocycles. The van der Waals surface area contributed by atoms with Gasteiger partial charge in [-0.3, -0.25) is 4.90 Å². The quantitative estimate of drug-likeness (QED) is 0.687. The van der Waals surface area contributed by atoms with Crippen LogP contribution >= 0.6 is 0 Å². The van der Waals surface area contributed by atoms with Gasteiger partial charge in [0.2, 0.25) is 0 Å². The highest BCUT2D eigenvalue weighted by Crippen LogP contribution is 2.27. The lowest BCUT2D eigenvalue weighted by Crippen LogP contribution is -2.57. The average molecular weight is 193 g/mol. The van der Waals surface area contributed by atoms with Crippen molar-refractivity contribution >= 4 is 0 Å². The zero-order valence-corrected chi connectivity index (χ0v) is 6.88. The summed E-state index contributed by atoms with van der Waals surface area (Å²) in [5.41, 5.74) is 5.39. The summed E-state index contributed by atoms with van der Waals surface area (Å²) < 4.78 is 36.2. The first kappa shape index (κ1) is 10.3. The van der Waals surface area contributed by atoms with Crippen molar-refractivity contribution < 1.29 is 13.2 Å². The molecule has 0 amide bonds. The molecular weight excluding hydrogens is 183 g/mol. The van der Waals surface area contributed by atoms with Crippen LogP contribution in [0.15, 0.2) is 0 Å².